The van der Waals surface area contributed by atoms with E-state index in [2.05, 4.69) is 22.5 Å². The number of carbonyl (C=O) groups excluding carboxylic acids is 4. The Hall–Kier alpha value is -2.88. The third-order valence-electron chi connectivity index (χ3n) is 11.2. The van der Waals surface area contributed by atoms with Crippen LogP contribution in [0.15, 0.2) is 24.3 Å². The average molecular weight is 829 g/mol. The monoisotopic (exact) mass is 827 g/mol. The van der Waals surface area contributed by atoms with E-state index < -0.39 is 59.6 Å². The van der Waals surface area contributed by atoms with Crippen molar-refractivity contribution in [3.8, 4) is 0 Å². The molecule has 56 heavy (non-hydrogen) atoms. The fourth-order valence-corrected chi connectivity index (χ4v) is 8.83. The maximum absolute atomic E-state index is 13.3. The maximum atomic E-state index is 13.3. The van der Waals surface area contributed by atoms with E-state index in [-0.39, 0.29) is 56.6 Å². The highest BCUT2D eigenvalue weighted by molar-refractivity contribution is 6.18. The van der Waals surface area contributed by atoms with Crippen molar-refractivity contribution < 1.29 is 52.6 Å². The van der Waals surface area contributed by atoms with Crippen molar-refractivity contribution in [2.45, 2.75) is 129 Å². The molecule has 6 rings (SSSR count). The Bertz CT molecular complexity index is 1510. The zero-order chi connectivity index (χ0) is 40.7. The summed E-state index contributed by atoms with van der Waals surface area (Å²) in [5.41, 5.74) is 0.232. The lowest BCUT2D eigenvalue weighted by Gasteiger charge is -2.59. The van der Waals surface area contributed by atoms with E-state index in [1.54, 1.807) is 20.8 Å². The number of alkyl carbamates (subject to hydrolysis) is 1. The van der Waals surface area contributed by atoms with Gasteiger partial charge in [-0.3, -0.25) is 14.4 Å². The largest absolute Gasteiger partial charge is 0.464 e. The molecule has 1 aromatic rings. The Balaban J connectivity index is 1.05. The smallest absolute Gasteiger partial charge is 0.408 e. The van der Waals surface area contributed by atoms with E-state index in [1.807, 2.05) is 38.1 Å². The molecule has 5 fully saturated rings. The van der Waals surface area contributed by atoms with E-state index in [4.69, 9.17) is 56.7 Å². The summed E-state index contributed by atoms with van der Waals surface area (Å²) in [5.74, 6) is -1.02. The van der Waals surface area contributed by atoms with E-state index in [0.717, 1.165) is 30.5 Å². The topological polar surface area (TPSA) is 160 Å². The molecule has 1 spiro atoms. The van der Waals surface area contributed by atoms with E-state index >= 15 is 0 Å². The van der Waals surface area contributed by atoms with Crippen LogP contribution in [0.1, 0.15) is 92.1 Å². The van der Waals surface area contributed by atoms with Gasteiger partial charge in [0, 0.05) is 68.1 Å². The number of anilines is 1. The van der Waals surface area contributed by atoms with Gasteiger partial charge in [0.15, 0.2) is 11.9 Å². The van der Waals surface area contributed by atoms with Crippen LogP contribution in [0.25, 0.3) is 0 Å². The lowest BCUT2D eigenvalue weighted by molar-refractivity contribution is -0.576. The SMILES string of the molecule is C[C@H]1[C@H](OC(=O)CCCC(=O)OCCNC(=O)[C@H](Cc2ccc(N(CCCl)CCCl)cc2)NC(=O)OC(C)(C)C)O[C@@H]2O[C@@]3(C)CC[C@H]4[C@H](C)CC[C@@H]1[C@@]24OO3. The molecule has 2 N–H and O–H groups in total. The molecule has 2 bridgehead atoms. The van der Waals surface area contributed by atoms with E-state index in [1.165, 1.54) is 0 Å². The van der Waals surface area contributed by atoms with Crippen molar-refractivity contribution >= 4 is 52.8 Å². The summed E-state index contributed by atoms with van der Waals surface area (Å²) in [4.78, 5) is 65.4. The first kappa shape index (κ1) is 44.2. The molecule has 0 aromatic heterocycles. The van der Waals surface area contributed by atoms with Crippen molar-refractivity contribution in [3.05, 3.63) is 29.8 Å². The number of rotatable bonds is 17. The number of ether oxygens (including phenoxy) is 5. The van der Waals surface area contributed by atoms with Crippen LogP contribution in [0.2, 0.25) is 0 Å². The number of nitrogens with zero attached hydrogens (tertiary/aromatic N) is 1. The van der Waals surface area contributed by atoms with Crippen LogP contribution in [-0.4, -0.2) is 97.6 Å². The number of nitrogens with one attached hydrogen (secondary N) is 2. The number of esters is 2. The standard InChI is InChI=1S/C40H59Cl2N3O11/c1-25-10-15-30-26(2)35(52-36-40(30)29(25)16-17-39(6,53-36)55-56-40)51-33(47)9-7-8-32(46)50-23-20-43-34(48)31(44-37(49)54-38(3,4)5)24-27-11-13-28(14-12-27)45(21-18-41)22-19-42/h11-14,25-26,29-31,35-36H,7-10,15-24H2,1-6H3,(H,43,48)(H,44,49)/t25-,26-,29+,30+,31+,35-,36-,39-,40-/m1/s1. The highest BCUT2D eigenvalue weighted by Crippen LogP contribution is 2.60. The van der Waals surface area contributed by atoms with Gasteiger partial charge in [0.05, 0.1) is 6.54 Å². The van der Waals surface area contributed by atoms with Crippen LogP contribution in [0.3, 0.4) is 0 Å². The van der Waals surface area contributed by atoms with Gasteiger partial charge >= 0.3 is 18.0 Å². The molecule has 2 amide bonds. The van der Waals surface area contributed by atoms with Crippen molar-refractivity contribution in [2.75, 3.05) is 42.9 Å². The van der Waals surface area contributed by atoms with Gasteiger partial charge in [0.1, 0.15) is 18.2 Å². The molecule has 1 aliphatic carbocycles. The molecule has 0 radical (unpaired) electrons. The number of hydrogen-bond donors (Lipinski definition) is 2. The van der Waals surface area contributed by atoms with Crippen molar-refractivity contribution in [2.24, 2.45) is 23.7 Å². The summed E-state index contributed by atoms with van der Waals surface area (Å²) in [6.07, 6.45) is 1.60. The molecule has 9 atom stereocenters. The normalized spacial score (nSPS) is 29.9. The molecule has 1 saturated carbocycles. The number of fused-ring (bicyclic) bond motifs is 2. The van der Waals surface area contributed by atoms with Gasteiger partial charge in [0.25, 0.3) is 0 Å². The summed E-state index contributed by atoms with van der Waals surface area (Å²) in [5, 5.41) is 5.39. The first-order chi connectivity index (χ1) is 26.6. The molecule has 1 aromatic carbocycles. The Morgan fingerprint density at radius 3 is 2.34 bits per heavy atom. The number of carbonyl (C=O) groups is 4. The lowest BCUT2D eigenvalue weighted by atomic mass is 9.58. The molecular weight excluding hydrogens is 769 g/mol. The minimum atomic E-state index is -0.961. The Morgan fingerprint density at radius 2 is 1.66 bits per heavy atom. The third-order valence-corrected chi connectivity index (χ3v) is 11.6. The zero-order valence-corrected chi connectivity index (χ0v) is 35.0. The van der Waals surface area contributed by atoms with Crippen molar-refractivity contribution in [3.63, 3.8) is 0 Å². The highest BCUT2D eigenvalue weighted by Gasteiger charge is 2.69. The molecule has 4 heterocycles. The van der Waals surface area contributed by atoms with E-state index in [9.17, 15) is 19.2 Å². The van der Waals surface area contributed by atoms with Crippen LogP contribution in [0.4, 0.5) is 10.5 Å². The second-order valence-corrected chi connectivity index (χ2v) is 17.3. The molecule has 16 heteroatoms. The minimum Gasteiger partial charge on any atom is -0.464 e. The summed E-state index contributed by atoms with van der Waals surface area (Å²) in [6.45, 7) is 12.5. The molecule has 14 nitrogen and oxygen atoms in total. The van der Waals surface area contributed by atoms with Gasteiger partial charge in [-0.15, -0.1) is 23.2 Å². The predicted octanol–water partition coefficient (Wildman–Crippen LogP) is 5.99. The number of hydrogen-bond acceptors (Lipinski definition) is 12. The molecule has 0 unspecified atom stereocenters. The number of alkyl halides is 2. The van der Waals surface area contributed by atoms with Gasteiger partial charge in [0.2, 0.25) is 18.0 Å². The highest BCUT2D eigenvalue weighted by atomic mass is 35.5. The van der Waals surface area contributed by atoms with Gasteiger partial charge in [-0.25, -0.2) is 14.6 Å². The molecule has 5 aliphatic rings. The number of amides is 2. The summed E-state index contributed by atoms with van der Waals surface area (Å²) in [6, 6.07) is 6.63. The van der Waals surface area contributed by atoms with Crippen molar-refractivity contribution in [1.29, 1.82) is 0 Å². The van der Waals surface area contributed by atoms with Gasteiger partial charge in [-0.05, 0) is 82.9 Å². The maximum Gasteiger partial charge on any atom is 0.408 e. The van der Waals surface area contributed by atoms with Crippen LogP contribution < -0.4 is 15.5 Å². The van der Waals surface area contributed by atoms with Crippen LogP contribution in [0.5, 0.6) is 0 Å². The van der Waals surface area contributed by atoms with Gasteiger partial charge < -0.3 is 39.2 Å². The van der Waals surface area contributed by atoms with E-state index in [0.29, 0.717) is 37.2 Å². The van der Waals surface area contributed by atoms with Gasteiger partial charge in [-0.1, -0.05) is 26.0 Å². The lowest BCUT2D eigenvalue weighted by Crippen LogP contribution is -2.70. The van der Waals surface area contributed by atoms with Crippen LogP contribution >= 0.6 is 23.2 Å². The average Bonchev–Trinajstić information content (AvgIpc) is 3.37. The minimum absolute atomic E-state index is 0.00677. The first-order valence-corrected chi connectivity index (χ1v) is 20.9. The second kappa shape index (κ2) is 19.2. The summed E-state index contributed by atoms with van der Waals surface area (Å²) < 4.78 is 29.2. The zero-order valence-electron chi connectivity index (χ0n) is 33.4. The molecule has 4 saturated heterocycles. The number of halogens is 2. The Labute approximate surface area is 340 Å². The Kier molecular flexibility index (Phi) is 15.2. The van der Waals surface area contributed by atoms with Crippen LogP contribution in [0, 0.1) is 23.7 Å². The quantitative estimate of drug-likeness (QED) is 0.0623. The van der Waals surface area contributed by atoms with Gasteiger partial charge in [-0.2, -0.15) is 0 Å². The second-order valence-electron chi connectivity index (χ2n) is 16.6. The molecule has 314 valence electrons. The fraction of sp³-hybridized carbons (Fsp3) is 0.750. The molecular formula is C40H59Cl2N3O11. The fourth-order valence-electron chi connectivity index (χ4n) is 8.42. The third kappa shape index (κ3) is 11.0. The first-order valence-electron chi connectivity index (χ1n) is 19.9. The van der Waals surface area contributed by atoms with Crippen molar-refractivity contribution in [1.82, 2.24) is 10.6 Å². The summed E-state index contributed by atoms with van der Waals surface area (Å²) in [7, 11) is 0. The summed E-state index contributed by atoms with van der Waals surface area (Å²) >= 11 is 11.9. The Morgan fingerprint density at radius 1 is 0.964 bits per heavy atom. The molecule has 4 aliphatic heterocycles. The van der Waals surface area contributed by atoms with Crippen LogP contribution in [-0.2, 0) is 54.3 Å². The predicted molar refractivity (Wildman–Crippen MR) is 208 cm³/mol. The number of benzene rings is 1.